The highest BCUT2D eigenvalue weighted by Crippen LogP contribution is 2.26. The summed E-state index contributed by atoms with van der Waals surface area (Å²) in [5.41, 5.74) is 0.897. The molecule has 4 nitrogen and oxygen atoms in total. The number of anilines is 1. The largest absolute Gasteiger partial charge is 0.293 e. The molecule has 1 N–H and O–H groups in total. The Morgan fingerprint density at radius 2 is 1.65 bits per heavy atom. The maximum atomic E-state index is 12.9. The predicted octanol–water partition coefficient (Wildman–Crippen LogP) is 3.56. The molecule has 0 saturated carbocycles. The molecule has 0 aliphatic carbocycles. The van der Waals surface area contributed by atoms with Gasteiger partial charge in [-0.2, -0.15) is 0 Å². The molecule has 0 heterocycles. The van der Waals surface area contributed by atoms with E-state index in [1.54, 1.807) is 43.3 Å². The van der Waals surface area contributed by atoms with Crippen LogP contribution in [0.25, 0.3) is 0 Å². The van der Waals surface area contributed by atoms with E-state index in [4.69, 9.17) is 0 Å². The van der Waals surface area contributed by atoms with Crippen LogP contribution >= 0.6 is 11.8 Å². The van der Waals surface area contributed by atoms with Gasteiger partial charge in [-0.05, 0) is 55.5 Å². The molecule has 0 radical (unpaired) electrons. The molecule has 122 valence electrons. The van der Waals surface area contributed by atoms with E-state index in [1.807, 2.05) is 0 Å². The Labute approximate surface area is 139 Å². The van der Waals surface area contributed by atoms with Crippen LogP contribution in [0, 0.1) is 5.82 Å². The van der Waals surface area contributed by atoms with Crippen molar-refractivity contribution in [1.82, 2.24) is 0 Å². The molecule has 0 amide bonds. The van der Waals surface area contributed by atoms with Gasteiger partial charge in [-0.3, -0.25) is 9.52 Å². The first-order valence-corrected chi connectivity index (χ1v) is 9.56. The first kappa shape index (κ1) is 17.5. The number of halogens is 1. The number of nitrogens with one attached hydrogen (secondary N) is 1. The van der Waals surface area contributed by atoms with Gasteiger partial charge < -0.3 is 0 Å². The van der Waals surface area contributed by atoms with Crippen molar-refractivity contribution >= 4 is 33.3 Å². The Balaban J connectivity index is 2.05. The lowest BCUT2D eigenvalue weighted by atomic mass is 10.1. The molecule has 0 aliphatic rings. The van der Waals surface area contributed by atoms with Crippen LogP contribution in [0.4, 0.5) is 10.1 Å². The van der Waals surface area contributed by atoms with Crippen LogP contribution < -0.4 is 4.72 Å². The van der Waals surface area contributed by atoms with Crippen molar-refractivity contribution in [2.24, 2.45) is 0 Å². The third kappa shape index (κ3) is 5.37. The summed E-state index contributed by atoms with van der Waals surface area (Å²) in [6, 6.07) is 12.2. The number of carbonyl (C=O) groups excluding carboxylic acids is 1. The van der Waals surface area contributed by atoms with Gasteiger partial charge >= 0.3 is 0 Å². The van der Waals surface area contributed by atoms with Gasteiger partial charge in [0.25, 0.3) is 0 Å². The molecular formula is C16H16FNO3S2. The third-order valence-corrected chi connectivity index (χ3v) is 4.69. The molecule has 0 spiro atoms. The molecule has 0 fully saturated rings. The van der Waals surface area contributed by atoms with Gasteiger partial charge in [-0.15, -0.1) is 11.8 Å². The van der Waals surface area contributed by atoms with E-state index in [-0.39, 0.29) is 16.9 Å². The quantitative estimate of drug-likeness (QED) is 0.637. The summed E-state index contributed by atoms with van der Waals surface area (Å²) in [7, 11) is -3.34. The number of rotatable bonds is 6. The van der Waals surface area contributed by atoms with Gasteiger partial charge in [0.05, 0.1) is 11.5 Å². The summed E-state index contributed by atoms with van der Waals surface area (Å²) in [6.07, 6.45) is 1.06. The van der Waals surface area contributed by atoms with Crippen molar-refractivity contribution in [1.29, 1.82) is 0 Å². The molecule has 7 heteroatoms. The molecule has 0 unspecified atom stereocenters. The van der Waals surface area contributed by atoms with Crippen LogP contribution in [-0.2, 0) is 10.0 Å². The highest BCUT2D eigenvalue weighted by molar-refractivity contribution is 8.00. The molecule has 23 heavy (non-hydrogen) atoms. The second-order valence-corrected chi connectivity index (χ2v) is 8.19. The summed E-state index contributed by atoms with van der Waals surface area (Å²) in [6.45, 7) is 1.78. The molecule has 0 bridgehead atoms. The van der Waals surface area contributed by atoms with Gasteiger partial charge in [0.15, 0.2) is 5.78 Å². The van der Waals surface area contributed by atoms with E-state index in [0.717, 1.165) is 11.2 Å². The first-order valence-electron chi connectivity index (χ1n) is 6.79. The second-order valence-electron chi connectivity index (χ2n) is 5.03. The molecular weight excluding hydrogens is 337 g/mol. The SMILES string of the molecule is C[C@H](Sc1ccc(F)cc1)C(=O)c1ccc(NS(C)(=O)=O)cc1. The van der Waals surface area contributed by atoms with Gasteiger partial charge in [0, 0.05) is 16.1 Å². The molecule has 2 aromatic rings. The molecule has 0 aromatic heterocycles. The number of benzene rings is 2. The van der Waals surface area contributed by atoms with Crippen molar-refractivity contribution in [3.63, 3.8) is 0 Å². The van der Waals surface area contributed by atoms with Crippen LogP contribution in [0.3, 0.4) is 0 Å². The Morgan fingerprint density at radius 3 is 2.17 bits per heavy atom. The average Bonchev–Trinajstić information content (AvgIpc) is 2.48. The number of sulfonamides is 1. The van der Waals surface area contributed by atoms with E-state index >= 15 is 0 Å². The van der Waals surface area contributed by atoms with E-state index in [2.05, 4.69) is 4.72 Å². The van der Waals surface area contributed by atoms with Gasteiger partial charge in [0.2, 0.25) is 10.0 Å². The van der Waals surface area contributed by atoms with Crippen molar-refractivity contribution < 1.29 is 17.6 Å². The minimum atomic E-state index is -3.34. The van der Waals surface area contributed by atoms with E-state index in [0.29, 0.717) is 11.3 Å². The summed E-state index contributed by atoms with van der Waals surface area (Å²) < 4.78 is 37.5. The lowest BCUT2D eigenvalue weighted by Gasteiger charge is -2.11. The Kier molecular flexibility index (Phi) is 5.43. The fourth-order valence-electron chi connectivity index (χ4n) is 1.92. The number of hydrogen-bond donors (Lipinski definition) is 1. The van der Waals surface area contributed by atoms with Crippen LogP contribution in [0.2, 0.25) is 0 Å². The Morgan fingerprint density at radius 1 is 1.09 bits per heavy atom. The summed E-state index contributed by atoms with van der Waals surface area (Å²) >= 11 is 1.34. The predicted molar refractivity (Wildman–Crippen MR) is 91.0 cm³/mol. The molecule has 0 saturated heterocycles. The fourth-order valence-corrected chi connectivity index (χ4v) is 3.43. The number of thioether (sulfide) groups is 1. The van der Waals surface area contributed by atoms with Gasteiger partial charge in [-0.25, -0.2) is 12.8 Å². The average molecular weight is 353 g/mol. The Bertz CT molecular complexity index is 787. The molecule has 2 rings (SSSR count). The fraction of sp³-hybridized carbons (Fsp3) is 0.188. The van der Waals surface area contributed by atoms with Crippen molar-refractivity contribution in [3.8, 4) is 0 Å². The van der Waals surface area contributed by atoms with Crippen molar-refractivity contribution in [2.45, 2.75) is 17.1 Å². The zero-order valence-electron chi connectivity index (χ0n) is 12.6. The van der Waals surface area contributed by atoms with Crippen LogP contribution in [0.5, 0.6) is 0 Å². The monoisotopic (exact) mass is 353 g/mol. The standard InChI is InChI=1S/C16H16FNO3S2/c1-11(22-15-9-5-13(17)6-10-15)16(19)12-3-7-14(8-4-12)18-23(2,20)21/h3-11,18H,1-2H3/t11-/m0/s1. The maximum absolute atomic E-state index is 12.9. The van der Waals surface area contributed by atoms with Crippen molar-refractivity contribution in [2.75, 3.05) is 11.0 Å². The number of carbonyl (C=O) groups is 1. The highest BCUT2D eigenvalue weighted by Gasteiger charge is 2.16. The van der Waals surface area contributed by atoms with Gasteiger partial charge in [-0.1, -0.05) is 0 Å². The van der Waals surface area contributed by atoms with Gasteiger partial charge in [0.1, 0.15) is 5.82 Å². The summed E-state index contributed by atoms with van der Waals surface area (Å²) in [5.74, 6) is -0.396. The smallest absolute Gasteiger partial charge is 0.229 e. The number of ketones is 1. The van der Waals surface area contributed by atoms with E-state index in [1.165, 1.54) is 23.9 Å². The van der Waals surface area contributed by atoms with Crippen molar-refractivity contribution in [3.05, 3.63) is 59.9 Å². The van der Waals surface area contributed by atoms with E-state index in [9.17, 15) is 17.6 Å². The lowest BCUT2D eigenvalue weighted by molar-refractivity contribution is 0.0994. The zero-order chi connectivity index (χ0) is 17.0. The highest BCUT2D eigenvalue weighted by atomic mass is 32.2. The maximum Gasteiger partial charge on any atom is 0.229 e. The number of Topliss-reactive ketones (excluding diaryl/α,β-unsaturated/α-hetero) is 1. The third-order valence-electron chi connectivity index (χ3n) is 2.97. The summed E-state index contributed by atoms with van der Waals surface area (Å²) in [5, 5.41) is -0.339. The van der Waals surface area contributed by atoms with E-state index < -0.39 is 10.0 Å². The topological polar surface area (TPSA) is 63.2 Å². The molecule has 2 aromatic carbocycles. The minimum Gasteiger partial charge on any atom is -0.293 e. The second kappa shape index (κ2) is 7.14. The zero-order valence-corrected chi connectivity index (χ0v) is 14.2. The molecule has 0 aliphatic heterocycles. The van der Waals surface area contributed by atoms with Crippen LogP contribution in [-0.4, -0.2) is 25.7 Å². The lowest BCUT2D eigenvalue weighted by Crippen LogP contribution is -2.14. The normalized spacial score (nSPS) is 12.7. The van der Waals surface area contributed by atoms with Crippen LogP contribution in [0.15, 0.2) is 53.4 Å². The Hall–Kier alpha value is -1.86. The van der Waals surface area contributed by atoms with Crippen LogP contribution in [0.1, 0.15) is 17.3 Å². The summed E-state index contributed by atoms with van der Waals surface area (Å²) in [4.78, 5) is 13.2. The first-order chi connectivity index (χ1) is 10.7. The minimum absolute atomic E-state index is 0.0785. The number of hydrogen-bond acceptors (Lipinski definition) is 4. The molecule has 1 atom stereocenters.